The molecule has 4 nitrogen and oxygen atoms in total. The molecule has 0 aromatic carbocycles. The summed E-state index contributed by atoms with van der Waals surface area (Å²) in [7, 11) is 1.86. The van der Waals surface area contributed by atoms with Crippen LogP contribution in [0, 0.1) is 0 Å². The third-order valence-corrected chi connectivity index (χ3v) is 2.51. The van der Waals surface area contributed by atoms with Crippen LogP contribution in [0.3, 0.4) is 0 Å². The Balaban J connectivity index is 2.14. The Hall–Kier alpha value is -1.07. The summed E-state index contributed by atoms with van der Waals surface area (Å²) in [6.45, 7) is 0. The monoisotopic (exact) mass is 214 g/mol. The quantitative estimate of drug-likeness (QED) is 0.834. The smallest absolute Gasteiger partial charge is 0.188 e. The fourth-order valence-corrected chi connectivity index (χ4v) is 1.78. The Morgan fingerprint density at radius 1 is 1.62 bits per heavy atom. The number of halogens is 1. The van der Waals surface area contributed by atoms with Crippen LogP contribution in [-0.4, -0.2) is 14.8 Å². The maximum Gasteiger partial charge on any atom is 0.188 e. The predicted octanol–water partition coefficient (Wildman–Crippen LogP) is 2.27. The van der Waals surface area contributed by atoms with Gasteiger partial charge in [0.1, 0.15) is 5.15 Å². The van der Waals surface area contributed by atoms with Crippen LogP contribution in [0.25, 0.3) is 0 Å². The van der Waals surface area contributed by atoms with Crippen molar-refractivity contribution >= 4 is 33.8 Å². The Kier molecular flexibility index (Phi) is 2.20. The molecule has 0 saturated heterocycles. The van der Waals surface area contributed by atoms with Crippen molar-refractivity contribution in [3.63, 3.8) is 0 Å². The molecule has 0 unspecified atom stereocenters. The first-order chi connectivity index (χ1) is 6.24. The third-order valence-electron chi connectivity index (χ3n) is 1.43. The molecule has 0 spiro atoms. The molecular weight excluding hydrogens is 208 g/mol. The van der Waals surface area contributed by atoms with E-state index in [-0.39, 0.29) is 0 Å². The minimum absolute atomic E-state index is 0.511. The van der Waals surface area contributed by atoms with Crippen molar-refractivity contribution in [3.05, 3.63) is 22.9 Å². The Bertz CT molecular complexity index is 370. The molecule has 0 amide bonds. The molecule has 2 heterocycles. The van der Waals surface area contributed by atoms with Gasteiger partial charge in [0.2, 0.25) is 0 Å². The average Bonchev–Trinajstić information content (AvgIpc) is 2.62. The van der Waals surface area contributed by atoms with E-state index in [9.17, 15) is 0 Å². The van der Waals surface area contributed by atoms with E-state index < -0.39 is 0 Å². The number of hydrogen-bond acceptors (Lipinski definition) is 4. The van der Waals surface area contributed by atoms with E-state index in [0.29, 0.717) is 5.15 Å². The van der Waals surface area contributed by atoms with Gasteiger partial charge in [-0.3, -0.25) is 4.68 Å². The van der Waals surface area contributed by atoms with Gasteiger partial charge in [-0.1, -0.05) is 11.6 Å². The minimum atomic E-state index is 0.511. The predicted molar refractivity (Wildman–Crippen MR) is 53.6 cm³/mol. The molecule has 1 N–H and O–H groups in total. The standard InChI is InChI=1S/C7H7ClN4S/c1-12-3-5(2-9-12)10-7-11-6(8)4-13-7/h2-4H,1H3,(H,10,11). The number of thiazole rings is 1. The molecule has 0 aliphatic carbocycles. The van der Waals surface area contributed by atoms with Crippen LogP contribution in [-0.2, 0) is 7.05 Å². The highest BCUT2D eigenvalue weighted by Crippen LogP contribution is 2.22. The molecule has 0 aliphatic heterocycles. The minimum Gasteiger partial charge on any atom is -0.329 e. The molecule has 6 heteroatoms. The van der Waals surface area contributed by atoms with Crippen molar-refractivity contribution in [2.75, 3.05) is 5.32 Å². The first-order valence-electron chi connectivity index (χ1n) is 3.61. The van der Waals surface area contributed by atoms with E-state index in [1.807, 2.05) is 13.2 Å². The summed E-state index contributed by atoms with van der Waals surface area (Å²) in [5, 5.41) is 10.2. The van der Waals surface area contributed by atoms with Crippen LogP contribution in [0.2, 0.25) is 5.15 Å². The number of hydrogen-bond donors (Lipinski definition) is 1. The lowest BCUT2D eigenvalue weighted by Crippen LogP contribution is -1.87. The molecule has 0 radical (unpaired) electrons. The fraction of sp³-hybridized carbons (Fsp3) is 0.143. The highest BCUT2D eigenvalue weighted by atomic mass is 35.5. The van der Waals surface area contributed by atoms with Gasteiger partial charge in [0.15, 0.2) is 5.13 Å². The van der Waals surface area contributed by atoms with Crippen LogP contribution < -0.4 is 5.32 Å². The van der Waals surface area contributed by atoms with Crippen LogP contribution in [0.4, 0.5) is 10.8 Å². The summed E-state index contributed by atoms with van der Waals surface area (Å²) >= 11 is 7.13. The molecule has 0 atom stereocenters. The van der Waals surface area contributed by atoms with Crippen molar-refractivity contribution in [2.24, 2.45) is 7.05 Å². The van der Waals surface area contributed by atoms with Gasteiger partial charge in [-0.15, -0.1) is 11.3 Å². The summed E-state index contributed by atoms with van der Waals surface area (Å²) in [5.41, 5.74) is 0.911. The van der Waals surface area contributed by atoms with Gasteiger partial charge in [0.25, 0.3) is 0 Å². The van der Waals surface area contributed by atoms with Gasteiger partial charge >= 0.3 is 0 Å². The lowest BCUT2D eigenvalue weighted by atomic mass is 10.6. The molecule has 0 fully saturated rings. The van der Waals surface area contributed by atoms with Gasteiger partial charge < -0.3 is 5.32 Å². The van der Waals surface area contributed by atoms with Gasteiger partial charge in [0.05, 0.1) is 11.9 Å². The van der Waals surface area contributed by atoms with E-state index in [1.165, 1.54) is 11.3 Å². The lowest BCUT2D eigenvalue weighted by Gasteiger charge is -1.94. The second-order valence-electron chi connectivity index (χ2n) is 2.50. The SMILES string of the molecule is Cn1cc(Nc2nc(Cl)cs2)cn1. The number of rotatable bonds is 2. The molecule has 0 saturated carbocycles. The zero-order chi connectivity index (χ0) is 9.26. The summed E-state index contributed by atoms with van der Waals surface area (Å²) < 4.78 is 1.72. The maximum atomic E-state index is 5.67. The van der Waals surface area contributed by atoms with E-state index in [1.54, 1.807) is 16.3 Å². The number of nitrogens with zero attached hydrogens (tertiary/aromatic N) is 3. The molecule has 2 aromatic heterocycles. The topological polar surface area (TPSA) is 42.7 Å². The van der Waals surface area contributed by atoms with Crippen LogP contribution in [0.15, 0.2) is 17.8 Å². The normalized spacial score (nSPS) is 10.3. The fourth-order valence-electron chi connectivity index (χ4n) is 0.921. The van der Waals surface area contributed by atoms with Crippen molar-refractivity contribution in [3.8, 4) is 0 Å². The van der Waals surface area contributed by atoms with Gasteiger partial charge in [-0.05, 0) is 0 Å². The van der Waals surface area contributed by atoms with Gasteiger partial charge in [0, 0.05) is 18.6 Å². The van der Waals surface area contributed by atoms with Crippen LogP contribution in [0.1, 0.15) is 0 Å². The number of nitrogens with one attached hydrogen (secondary N) is 1. The Morgan fingerprint density at radius 2 is 2.46 bits per heavy atom. The summed E-state index contributed by atoms with van der Waals surface area (Å²) in [5.74, 6) is 0. The second-order valence-corrected chi connectivity index (χ2v) is 3.75. The average molecular weight is 215 g/mol. The lowest BCUT2D eigenvalue weighted by molar-refractivity contribution is 0.768. The van der Waals surface area contributed by atoms with E-state index in [4.69, 9.17) is 11.6 Å². The largest absolute Gasteiger partial charge is 0.329 e. The van der Waals surface area contributed by atoms with E-state index >= 15 is 0 Å². The second kappa shape index (κ2) is 3.35. The zero-order valence-corrected chi connectivity index (χ0v) is 8.43. The van der Waals surface area contributed by atoms with Crippen molar-refractivity contribution in [1.29, 1.82) is 0 Å². The molecule has 68 valence electrons. The van der Waals surface area contributed by atoms with Crippen molar-refractivity contribution in [2.45, 2.75) is 0 Å². The Labute approximate surface area is 84.2 Å². The van der Waals surface area contributed by atoms with E-state index in [0.717, 1.165) is 10.8 Å². The summed E-state index contributed by atoms with van der Waals surface area (Å²) in [6.07, 6.45) is 3.60. The van der Waals surface area contributed by atoms with Crippen molar-refractivity contribution < 1.29 is 0 Å². The Morgan fingerprint density at radius 3 is 3.00 bits per heavy atom. The van der Waals surface area contributed by atoms with Crippen LogP contribution >= 0.6 is 22.9 Å². The van der Waals surface area contributed by atoms with E-state index in [2.05, 4.69) is 15.4 Å². The molecule has 0 aliphatic rings. The van der Waals surface area contributed by atoms with Crippen LogP contribution in [0.5, 0.6) is 0 Å². The first-order valence-corrected chi connectivity index (χ1v) is 4.86. The maximum absolute atomic E-state index is 5.67. The molecule has 13 heavy (non-hydrogen) atoms. The molecular formula is C7H7ClN4S. The third kappa shape index (κ3) is 1.99. The first kappa shape index (κ1) is 8.52. The van der Waals surface area contributed by atoms with Gasteiger partial charge in [-0.2, -0.15) is 5.10 Å². The highest BCUT2D eigenvalue weighted by molar-refractivity contribution is 7.14. The zero-order valence-electron chi connectivity index (χ0n) is 6.86. The number of aryl methyl sites for hydroxylation is 1. The summed E-state index contributed by atoms with van der Waals surface area (Å²) in [6, 6.07) is 0. The van der Waals surface area contributed by atoms with Gasteiger partial charge in [-0.25, -0.2) is 4.98 Å². The molecule has 2 rings (SSSR count). The van der Waals surface area contributed by atoms with Crippen molar-refractivity contribution in [1.82, 2.24) is 14.8 Å². The number of aromatic nitrogens is 3. The number of anilines is 2. The highest BCUT2D eigenvalue weighted by Gasteiger charge is 2.00. The molecule has 2 aromatic rings. The summed E-state index contributed by atoms with van der Waals surface area (Å²) in [4.78, 5) is 4.05. The molecule has 0 bridgehead atoms.